The highest BCUT2D eigenvalue weighted by Crippen LogP contribution is 2.35. The number of amides is 1. The Morgan fingerprint density at radius 1 is 1.26 bits per heavy atom. The zero-order valence-corrected chi connectivity index (χ0v) is 20.1. The second-order valence-electron chi connectivity index (χ2n) is 8.41. The molecule has 0 radical (unpaired) electrons. The third-order valence-corrected chi connectivity index (χ3v) is 6.57. The molecule has 5 rings (SSSR count). The van der Waals surface area contributed by atoms with E-state index >= 15 is 0 Å². The van der Waals surface area contributed by atoms with Gasteiger partial charge in [-0.25, -0.2) is 14.4 Å². The van der Waals surface area contributed by atoms with Crippen LogP contribution in [0.3, 0.4) is 0 Å². The van der Waals surface area contributed by atoms with Crippen molar-refractivity contribution in [3.05, 3.63) is 59.3 Å². The van der Waals surface area contributed by atoms with Gasteiger partial charge in [0.25, 0.3) is 0 Å². The first-order valence-corrected chi connectivity index (χ1v) is 11.6. The summed E-state index contributed by atoms with van der Waals surface area (Å²) in [6.07, 6.45) is 7.44. The highest BCUT2D eigenvalue weighted by Gasteiger charge is 2.32. The lowest BCUT2D eigenvalue weighted by atomic mass is 10.1. The van der Waals surface area contributed by atoms with Crippen LogP contribution in [0.15, 0.2) is 53.6 Å². The van der Waals surface area contributed by atoms with Crippen LogP contribution < -0.4 is 15.0 Å². The maximum atomic E-state index is 13.8. The number of hydrogen-bond acceptors (Lipinski definition) is 8. The number of nitrogens with zero attached hydrogens (tertiary/aromatic N) is 6. The van der Waals surface area contributed by atoms with Gasteiger partial charge in [0, 0.05) is 57.3 Å². The predicted octanol–water partition coefficient (Wildman–Crippen LogP) is 3.69. The molecule has 0 saturated carbocycles. The van der Waals surface area contributed by atoms with Crippen molar-refractivity contribution in [2.24, 2.45) is 4.99 Å². The van der Waals surface area contributed by atoms with Crippen LogP contribution in [-0.2, 0) is 4.79 Å². The molecule has 3 aliphatic rings. The standard InChI is InChI=1S/C24H25ClFN7O2/c1-15(34)31-7-9-32(10-8-31)17-4-5-19(21(11-17)35-2)29-24-28-12-18(25)23(30-24)20-13-27-22-6-3-16(26)14-33(20)22/h3-6,11-14,20,22H,7-10H2,1-2H3,(H,28,29,30). The second-order valence-corrected chi connectivity index (χ2v) is 8.81. The average Bonchev–Trinajstić information content (AvgIpc) is 3.28. The second kappa shape index (κ2) is 9.53. The molecule has 2 aromatic rings. The molecule has 1 saturated heterocycles. The number of methoxy groups -OCH3 is 1. The van der Waals surface area contributed by atoms with E-state index in [0.29, 0.717) is 41.2 Å². The van der Waals surface area contributed by atoms with Crippen LogP contribution in [-0.4, -0.2) is 71.3 Å². The van der Waals surface area contributed by atoms with Crippen LogP contribution in [0.2, 0.25) is 5.02 Å². The number of hydrogen-bond donors (Lipinski definition) is 1. The SMILES string of the molecule is COc1cc(N2CCN(C(C)=O)CC2)ccc1Nc1ncc(Cl)c(C2C=NC3C=CC(F)=CN32)n1. The van der Waals surface area contributed by atoms with Gasteiger partial charge in [0.15, 0.2) is 0 Å². The summed E-state index contributed by atoms with van der Waals surface area (Å²) in [5.74, 6) is 0.707. The maximum absolute atomic E-state index is 13.8. The molecule has 2 unspecified atom stereocenters. The first kappa shape index (κ1) is 23.1. The fourth-order valence-corrected chi connectivity index (χ4v) is 4.60. The number of nitrogens with one attached hydrogen (secondary N) is 1. The number of rotatable bonds is 5. The van der Waals surface area contributed by atoms with Crippen molar-refractivity contribution in [1.29, 1.82) is 0 Å². The Morgan fingerprint density at radius 2 is 2.06 bits per heavy atom. The molecule has 1 aromatic heterocycles. The van der Waals surface area contributed by atoms with Crippen molar-refractivity contribution in [1.82, 2.24) is 19.8 Å². The molecule has 0 spiro atoms. The number of carbonyl (C=O) groups is 1. The Bertz CT molecular complexity index is 1230. The molecule has 0 bridgehead atoms. The van der Waals surface area contributed by atoms with Crippen LogP contribution in [0.1, 0.15) is 18.7 Å². The molecule has 1 N–H and O–H groups in total. The normalized spacial score (nSPS) is 21.1. The summed E-state index contributed by atoms with van der Waals surface area (Å²) in [5, 5.41) is 3.57. The van der Waals surface area contributed by atoms with Gasteiger partial charge < -0.3 is 24.8 Å². The quantitative estimate of drug-likeness (QED) is 0.674. The molecule has 3 aliphatic heterocycles. The predicted molar refractivity (Wildman–Crippen MR) is 133 cm³/mol. The number of fused-ring (bicyclic) bond motifs is 1. The van der Waals surface area contributed by atoms with Gasteiger partial charge in [0.05, 0.1) is 29.7 Å². The summed E-state index contributed by atoms with van der Waals surface area (Å²) in [6.45, 7) is 4.49. The highest BCUT2D eigenvalue weighted by atomic mass is 35.5. The third kappa shape index (κ3) is 4.66. The third-order valence-electron chi connectivity index (χ3n) is 6.28. The molecule has 1 amide bonds. The summed E-state index contributed by atoms with van der Waals surface area (Å²) in [4.78, 5) is 30.8. The van der Waals surface area contributed by atoms with E-state index in [1.54, 1.807) is 31.2 Å². The minimum Gasteiger partial charge on any atom is -0.494 e. The topological polar surface area (TPSA) is 86.2 Å². The van der Waals surface area contributed by atoms with Crippen molar-refractivity contribution in [3.8, 4) is 5.75 Å². The number of benzene rings is 1. The van der Waals surface area contributed by atoms with Gasteiger partial charge in [-0.15, -0.1) is 0 Å². The molecule has 1 fully saturated rings. The van der Waals surface area contributed by atoms with E-state index in [9.17, 15) is 9.18 Å². The Morgan fingerprint density at radius 3 is 2.80 bits per heavy atom. The summed E-state index contributed by atoms with van der Waals surface area (Å²) in [7, 11) is 1.60. The van der Waals surface area contributed by atoms with Crippen LogP contribution >= 0.6 is 11.6 Å². The smallest absolute Gasteiger partial charge is 0.227 e. The first-order chi connectivity index (χ1) is 16.9. The highest BCUT2D eigenvalue weighted by molar-refractivity contribution is 6.31. The maximum Gasteiger partial charge on any atom is 0.227 e. The molecular formula is C24H25ClFN7O2. The van der Waals surface area contributed by atoms with Crippen LogP contribution in [0, 0.1) is 0 Å². The number of piperazine rings is 1. The lowest BCUT2D eigenvalue weighted by molar-refractivity contribution is -0.129. The molecule has 0 aliphatic carbocycles. The number of halogens is 2. The van der Waals surface area contributed by atoms with E-state index in [-0.39, 0.29) is 17.9 Å². The van der Waals surface area contributed by atoms with Gasteiger partial charge in [-0.3, -0.25) is 9.79 Å². The summed E-state index contributed by atoms with van der Waals surface area (Å²) in [6, 6.07) is 5.44. The monoisotopic (exact) mass is 497 g/mol. The van der Waals surface area contributed by atoms with Crippen molar-refractivity contribution in [3.63, 3.8) is 0 Å². The van der Waals surface area contributed by atoms with Gasteiger partial charge >= 0.3 is 0 Å². The number of carbonyl (C=O) groups excluding carboxylic acids is 1. The van der Waals surface area contributed by atoms with Crippen LogP contribution in [0.4, 0.5) is 21.7 Å². The zero-order valence-electron chi connectivity index (χ0n) is 19.4. The average molecular weight is 498 g/mol. The molecule has 11 heteroatoms. The van der Waals surface area contributed by atoms with E-state index in [2.05, 4.69) is 25.2 Å². The Labute approximate surface area is 207 Å². The van der Waals surface area contributed by atoms with Crippen molar-refractivity contribution >= 4 is 41.0 Å². The fraction of sp³-hybridized carbons (Fsp3) is 0.333. The number of aliphatic imine (C=N–C) groups is 1. The van der Waals surface area contributed by atoms with E-state index in [1.807, 2.05) is 23.1 Å². The summed E-state index contributed by atoms with van der Waals surface area (Å²) < 4.78 is 19.5. The Kier molecular flexibility index (Phi) is 6.29. The van der Waals surface area contributed by atoms with E-state index in [0.717, 1.165) is 18.8 Å². The zero-order chi connectivity index (χ0) is 24.5. The van der Waals surface area contributed by atoms with Gasteiger partial charge in [0.2, 0.25) is 11.9 Å². The van der Waals surface area contributed by atoms with Gasteiger partial charge in [-0.1, -0.05) is 11.6 Å². The van der Waals surface area contributed by atoms with Crippen LogP contribution in [0.5, 0.6) is 5.75 Å². The van der Waals surface area contributed by atoms with E-state index in [4.69, 9.17) is 16.3 Å². The largest absolute Gasteiger partial charge is 0.494 e. The minimum absolute atomic E-state index is 0.0985. The minimum atomic E-state index is -0.412. The lowest BCUT2D eigenvalue weighted by Crippen LogP contribution is -2.48. The first-order valence-electron chi connectivity index (χ1n) is 11.3. The van der Waals surface area contributed by atoms with Gasteiger partial charge in [0.1, 0.15) is 23.8 Å². The van der Waals surface area contributed by atoms with Gasteiger partial charge in [-0.2, -0.15) is 0 Å². The molecular weight excluding hydrogens is 473 g/mol. The summed E-state index contributed by atoms with van der Waals surface area (Å²) >= 11 is 6.41. The molecule has 2 atom stereocenters. The number of anilines is 3. The molecule has 182 valence electrons. The lowest BCUT2D eigenvalue weighted by Gasteiger charge is -2.35. The Hall–Kier alpha value is -3.66. The van der Waals surface area contributed by atoms with Crippen LogP contribution in [0.25, 0.3) is 0 Å². The number of ether oxygens (including phenoxy) is 1. The number of aromatic nitrogens is 2. The van der Waals surface area contributed by atoms with E-state index < -0.39 is 6.04 Å². The van der Waals surface area contributed by atoms with Crippen molar-refractivity contribution in [2.75, 3.05) is 43.5 Å². The van der Waals surface area contributed by atoms with Gasteiger partial charge in [-0.05, 0) is 24.3 Å². The number of allylic oxidation sites excluding steroid dienone is 2. The summed E-state index contributed by atoms with van der Waals surface area (Å²) in [5.41, 5.74) is 2.22. The molecule has 4 heterocycles. The molecule has 9 nitrogen and oxygen atoms in total. The van der Waals surface area contributed by atoms with E-state index in [1.165, 1.54) is 18.5 Å². The fourth-order valence-electron chi connectivity index (χ4n) is 4.40. The van der Waals surface area contributed by atoms with Crippen molar-refractivity contribution in [2.45, 2.75) is 19.1 Å². The molecule has 35 heavy (non-hydrogen) atoms. The molecule has 1 aromatic carbocycles. The Balaban J connectivity index is 1.35. The van der Waals surface area contributed by atoms with Crippen molar-refractivity contribution < 1.29 is 13.9 Å².